The lowest BCUT2D eigenvalue weighted by molar-refractivity contribution is 0.416. The highest BCUT2D eigenvalue weighted by molar-refractivity contribution is 5.65. The van der Waals surface area contributed by atoms with Crippen LogP contribution in [-0.4, -0.2) is 16.7 Å². The van der Waals surface area contributed by atoms with Gasteiger partial charge in [-0.2, -0.15) is 0 Å². The van der Waals surface area contributed by atoms with Crippen molar-refractivity contribution in [1.29, 1.82) is 0 Å². The van der Waals surface area contributed by atoms with Crippen LogP contribution in [0.3, 0.4) is 0 Å². The summed E-state index contributed by atoms with van der Waals surface area (Å²) < 4.78 is 7.08. The van der Waals surface area contributed by atoms with E-state index in [9.17, 15) is 0 Å². The summed E-state index contributed by atoms with van der Waals surface area (Å²) in [5, 5.41) is 0. The van der Waals surface area contributed by atoms with Gasteiger partial charge in [0.25, 0.3) is 0 Å². The Morgan fingerprint density at radius 3 is 2.81 bits per heavy atom. The van der Waals surface area contributed by atoms with Gasteiger partial charge in [-0.3, -0.25) is 0 Å². The first kappa shape index (κ1) is 10.4. The molecule has 1 aromatic carbocycles. The molecular formula is C11H14N4O. The SMILES string of the molecule is COc1cc(N)cc(Cn2ccnc2)c1N. The van der Waals surface area contributed by atoms with E-state index in [0.29, 0.717) is 23.7 Å². The highest BCUT2D eigenvalue weighted by atomic mass is 16.5. The molecule has 0 fully saturated rings. The molecule has 5 heteroatoms. The largest absolute Gasteiger partial charge is 0.495 e. The summed E-state index contributed by atoms with van der Waals surface area (Å²) in [6.07, 6.45) is 5.32. The number of hydrogen-bond donors (Lipinski definition) is 2. The number of anilines is 2. The Labute approximate surface area is 93.7 Å². The molecule has 0 unspecified atom stereocenters. The van der Waals surface area contributed by atoms with Gasteiger partial charge < -0.3 is 20.8 Å². The van der Waals surface area contributed by atoms with Gasteiger partial charge in [0.1, 0.15) is 5.75 Å². The molecule has 0 aliphatic heterocycles. The zero-order valence-corrected chi connectivity index (χ0v) is 9.05. The van der Waals surface area contributed by atoms with Crippen LogP contribution in [-0.2, 0) is 6.54 Å². The molecule has 84 valence electrons. The van der Waals surface area contributed by atoms with Crippen molar-refractivity contribution in [1.82, 2.24) is 9.55 Å². The lowest BCUT2D eigenvalue weighted by Gasteiger charge is -2.11. The van der Waals surface area contributed by atoms with E-state index in [1.807, 2.05) is 16.8 Å². The molecule has 0 spiro atoms. The number of benzene rings is 1. The van der Waals surface area contributed by atoms with Gasteiger partial charge in [-0.1, -0.05) is 0 Å². The third-order valence-corrected chi connectivity index (χ3v) is 2.38. The number of aromatic nitrogens is 2. The number of nitrogen functional groups attached to an aromatic ring is 2. The second-order valence-corrected chi connectivity index (χ2v) is 3.53. The first-order valence-electron chi connectivity index (χ1n) is 4.88. The van der Waals surface area contributed by atoms with E-state index in [-0.39, 0.29) is 0 Å². The lowest BCUT2D eigenvalue weighted by atomic mass is 10.1. The first-order valence-corrected chi connectivity index (χ1v) is 4.88. The third kappa shape index (κ3) is 1.93. The summed E-state index contributed by atoms with van der Waals surface area (Å²) in [6.45, 7) is 0.632. The van der Waals surface area contributed by atoms with Gasteiger partial charge in [-0.25, -0.2) is 4.98 Å². The molecule has 16 heavy (non-hydrogen) atoms. The number of imidazole rings is 1. The zero-order valence-electron chi connectivity index (χ0n) is 9.05. The molecule has 0 aliphatic rings. The van der Waals surface area contributed by atoms with Gasteiger partial charge >= 0.3 is 0 Å². The Morgan fingerprint density at radius 1 is 1.38 bits per heavy atom. The van der Waals surface area contributed by atoms with Gasteiger partial charge in [-0.05, 0) is 6.07 Å². The topological polar surface area (TPSA) is 79.1 Å². The minimum Gasteiger partial charge on any atom is -0.495 e. The highest BCUT2D eigenvalue weighted by Gasteiger charge is 2.07. The first-order chi connectivity index (χ1) is 7.70. The number of hydrogen-bond acceptors (Lipinski definition) is 4. The van der Waals surface area contributed by atoms with Crippen LogP contribution >= 0.6 is 0 Å². The fourth-order valence-corrected chi connectivity index (χ4v) is 1.58. The summed E-state index contributed by atoms with van der Waals surface area (Å²) in [5.41, 5.74) is 13.9. The van der Waals surface area contributed by atoms with Crippen molar-refractivity contribution in [2.24, 2.45) is 0 Å². The van der Waals surface area contributed by atoms with Crippen molar-refractivity contribution in [3.8, 4) is 5.75 Å². The van der Waals surface area contributed by atoms with Crippen molar-refractivity contribution in [3.63, 3.8) is 0 Å². The predicted octanol–water partition coefficient (Wildman–Crippen LogP) is 1.10. The van der Waals surface area contributed by atoms with E-state index in [4.69, 9.17) is 16.2 Å². The van der Waals surface area contributed by atoms with Crippen LogP contribution in [0.15, 0.2) is 30.9 Å². The minimum absolute atomic E-state index is 0.607. The van der Waals surface area contributed by atoms with Crippen molar-refractivity contribution in [2.45, 2.75) is 6.54 Å². The summed E-state index contributed by atoms with van der Waals surface area (Å²) in [4.78, 5) is 3.97. The standard InChI is InChI=1S/C11H14N4O/c1-16-10-5-9(12)4-8(11(10)13)6-15-3-2-14-7-15/h2-5,7H,6,12-13H2,1H3. The van der Waals surface area contributed by atoms with Crippen molar-refractivity contribution >= 4 is 11.4 Å². The molecule has 0 amide bonds. The van der Waals surface area contributed by atoms with Crippen molar-refractivity contribution in [3.05, 3.63) is 36.4 Å². The Morgan fingerprint density at radius 2 is 2.19 bits per heavy atom. The number of nitrogens with zero attached hydrogens (tertiary/aromatic N) is 2. The quantitative estimate of drug-likeness (QED) is 0.756. The Hall–Kier alpha value is -2.17. The number of rotatable bonds is 3. The van der Waals surface area contributed by atoms with E-state index in [0.717, 1.165) is 5.56 Å². The van der Waals surface area contributed by atoms with E-state index in [2.05, 4.69) is 4.98 Å². The fourth-order valence-electron chi connectivity index (χ4n) is 1.58. The summed E-state index contributed by atoms with van der Waals surface area (Å²) in [5.74, 6) is 0.607. The molecule has 1 heterocycles. The van der Waals surface area contributed by atoms with Gasteiger partial charge in [0, 0.05) is 29.7 Å². The Bertz CT molecular complexity index is 479. The molecule has 0 saturated carbocycles. The average Bonchev–Trinajstić information content (AvgIpc) is 2.75. The molecular weight excluding hydrogens is 204 g/mol. The average molecular weight is 218 g/mol. The minimum atomic E-state index is 0.607. The summed E-state index contributed by atoms with van der Waals surface area (Å²) >= 11 is 0. The van der Waals surface area contributed by atoms with Crippen molar-refractivity contribution < 1.29 is 4.74 Å². The van der Waals surface area contributed by atoms with Gasteiger partial charge in [0.2, 0.25) is 0 Å². The van der Waals surface area contributed by atoms with Gasteiger partial charge in [0.05, 0.1) is 25.7 Å². The summed E-state index contributed by atoms with van der Waals surface area (Å²) in [6, 6.07) is 3.56. The lowest BCUT2D eigenvalue weighted by Crippen LogP contribution is -2.04. The van der Waals surface area contributed by atoms with Crippen LogP contribution in [0.1, 0.15) is 5.56 Å². The molecule has 0 atom stereocenters. The van der Waals surface area contributed by atoms with Crippen LogP contribution in [0.4, 0.5) is 11.4 Å². The highest BCUT2D eigenvalue weighted by Crippen LogP contribution is 2.28. The smallest absolute Gasteiger partial charge is 0.144 e. The van der Waals surface area contributed by atoms with Gasteiger partial charge in [0.15, 0.2) is 0 Å². The predicted molar refractivity (Wildman–Crippen MR) is 63.1 cm³/mol. The molecule has 2 rings (SSSR count). The van der Waals surface area contributed by atoms with E-state index in [1.165, 1.54) is 0 Å². The van der Waals surface area contributed by atoms with E-state index < -0.39 is 0 Å². The molecule has 1 aromatic heterocycles. The number of nitrogens with two attached hydrogens (primary N) is 2. The second kappa shape index (κ2) is 4.14. The van der Waals surface area contributed by atoms with Crippen LogP contribution < -0.4 is 16.2 Å². The van der Waals surface area contributed by atoms with E-state index >= 15 is 0 Å². The van der Waals surface area contributed by atoms with Crippen LogP contribution in [0.2, 0.25) is 0 Å². The normalized spacial score (nSPS) is 10.3. The maximum atomic E-state index is 5.97. The van der Waals surface area contributed by atoms with E-state index in [1.54, 1.807) is 25.7 Å². The number of ether oxygens (including phenoxy) is 1. The fraction of sp³-hybridized carbons (Fsp3) is 0.182. The van der Waals surface area contributed by atoms with Crippen molar-refractivity contribution in [2.75, 3.05) is 18.6 Å². The maximum Gasteiger partial charge on any atom is 0.144 e. The Kier molecular flexibility index (Phi) is 2.68. The molecule has 5 nitrogen and oxygen atoms in total. The zero-order chi connectivity index (χ0) is 11.5. The molecule has 0 saturated heterocycles. The summed E-state index contributed by atoms with van der Waals surface area (Å²) in [7, 11) is 1.58. The second-order valence-electron chi connectivity index (χ2n) is 3.53. The molecule has 2 aromatic rings. The monoisotopic (exact) mass is 218 g/mol. The van der Waals surface area contributed by atoms with Crippen LogP contribution in [0.5, 0.6) is 5.75 Å². The third-order valence-electron chi connectivity index (χ3n) is 2.38. The molecule has 0 radical (unpaired) electrons. The van der Waals surface area contributed by atoms with Gasteiger partial charge in [-0.15, -0.1) is 0 Å². The molecule has 0 bridgehead atoms. The van der Waals surface area contributed by atoms with Crippen LogP contribution in [0.25, 0.3) is 0 Å². The molecule has 4 N–H and O–H groups in total. The Balaban J connectivity index is 2.36. The molecule has 0 aliphatic carbocycles. The van der Waals surface area contributed by atoms with Crippen LogP contribution in [0, 0.1) is 0 Å². The number of methoxy groups -OCH3 is 1. The maximum absolute atomic E-state index is 5.97.